The zero-order valence-corrected chi connectivity index (χ0v) is 60.9. The maximum absolute atomic E-state index is 15.2. The van der Waals surface area contributed by atoms with Crippen molar-refractivity contribution in [1.82, 2.24) is 0 Å². The number of unbranched alkanes of at least 4 members (excludes halogenated alkanes) is 1. The average Bonchev–Trinajstić information content (AvgIpc) is 0.721. The fraction of sp³-hybridized carbons (Fsp3) is 0.138. The van der Waals surface area contributed by atoms with Crippen LogP contribution in [0.1, 0.15) is 99.6 Å². The van der Waals surface area contributed by atoms with E-state index in [1.165, 1.54) is 97.1 Å². The van der Waals surface area contributed by atoms with Crippen molar-refractivity contribution in [1.29, 1.82) is 0 Å². The van der Waals surface area contributed by atoms with Gasteiger partial charge in [0, 0.05) is 33.4 Å². The molecule has 0 bridgehead atoms. The number of rotatable bonds is 26. The van der Waals surface area contributed by atoms with Gasteiger partial charge >= 0.3 is 24.7 Å². The maximum atomic E-state index is 15.2. The van der Waals surface area contributed by atoms with Crippen molar-refractivity contribution < 1.29 is 107 Å². The molecule has 0 aliphatic rings. The number of ketones is 3. The molecule has 0 aliphatic carbocycles. The van der Waals surface area contributed by atoms with E-state index in [-0.39, 0.29) is 84.7 Å². The Morgan fingerprint density at radius 3 is 1.05 bits per heavy atom. The van der Waals surface area contributed by atoms with Gasteiger partial charge in [-0.1, -0.05) is 139 Å². The molecule has 12 nitrogen and oxygen atoms in total. The van der Waals surface area contributed by atoms with Crippen molar-refractivity contribution in [2.24, 2.45) is 0 Å². The number of benzene rings is 12. The summed E-state index contributed by atoms with van der Waals surface area (Å²) in [4.78, 5) is 39.2. The van der Waals surface area contributed by atoms with Gasteiger partial charge in [-0.15, -0.1) is 0 Å². The summed E-state index contributed by atoms with van der Waals surface area (Å²) in [6, 6.07) is 58.5. The van der Waals surface area contributed by atoms with Crippen molar-refractivity contribution in [3.8, 4) is 51.4 Å². The molecule has 0 atom stereocenters. The number of hydrogen-bond donors (Lipinski definition) is 1. The Kier molecular flexibility index (Phi) is 22.7. The van der Waals surface area contributed by atoms with Crippen molar-refractivity contribution in [3.63, 3.8) is 0 Å². The lowest BCUT2D eigenvalue weighted by molar-refractivity contribution is -0.290. The third-order valence-corrected chi connectivity index (χ3v) is 21.6. The van der Waals surface area contributed by atoms with Crippen molar-refractivity contribution in [3.05, 3.63) is 357 Å². The summed E-state index contributed by atoms with van der Waals surface area (Å²) in [7, 11) is -8.72. The summed E-state index contributed by atoms with van der Waals surface area (Å²) in [5.74, 6) is -1.35. The monoisotopic (exact) mass is 1590 g/mol. The standard InChI is InChI=1S/C87H62F12O12S2/c1-54-9-14-58(15-10-54)79(100)60-21-33-69(34-22-60)109-72-41-29-66(30-42-72)83(86(94,95)96,87(97,98)99)67-31-43-73(44-32-67)111-74-45-49-76(50-46-74)112(103,104)75-47-12-56(13-48-75)6-3-4-51-108-68-37-25-64(26-38-68)82(84(88,89)90,85(91,92)93)65-27-39-71(40-28-65)110-70-35-23-61(24-36-70)80(101)59-19-17-57(18-20-59)62-16-11-55(2)78(53-62)81(102)63-7-5-8-77(52-63)113(105,106)107/h5,7-50,52-53H,3-4,6,51H2,1-2H3,(H,105,106,107). The maximum Gasteiger partial charge on any atom is 0.411 e. The topological polar surface area (TPSA) is 177 Å². The molecule has 0 aromatic heterocycles. The molecule has 12 aromatic rings. The molecule has 0 fully saturated rings. The first-order valence-corrected chi connectivity index (χ1v) is 37.4. The zero-order chi connectivity index (χ0) is 81.1. The van der Waals surface area contributed by atoms with Crippen LogP contribution in [0.15, 0.2) is 300 Å². The number of hydrogen-bond acceptors (Lipinski definition) is 11. The van der Waals surface area contributed by atoms with E-state index in [0.29, 0.717) is 101 Å². The van der Waals surface area contributed by atoms with Crippen LogP contribution < -0.4 is 18.9 Å². The Labute approximate surface area is 640 Å². The first-order chi connectivity index (χ1) is 53.4. The van der Waals surface area contributed by atoms with E-state index < -0.39 is 94.2 Å². The van der Waals surface area contributed by atoms with E-state index in [4.69, 9.17) is 18.9 Å². The highest BCUT2D eigenvalue weighted by molar-refractivity contribution is 7.91. The average molecular weight is 1590 g/mol. The molecule has 0 aliphatic heterocycles. The quantitative estimate of drug-likeness (QED) is 0.0235. The highest BCUT2D eigenvalue weighted by atomic mass is 32.2. The van der Waals surface area contributed by atoms with E-state index in [0.717, 1.165) is 66.2 Å². The highest BCUT2D eigenvalue weighted by Gasteiger charge is 2.73. The van der Waals surface area contributed by atoms with E-state index in [1.807, 2.05) is 6.92 Å². The molecule has 0 saturated heterocycles. The number of ether oxygens (including phenoxy) is 4. The molecular weight excluding hydrogens is 1530 g/mol. The van der Waals surface area contributed by atoms with Crippen LogP contribution in [0.3, 0.4) is 0 Å². The molecule has 26 heteroatoms. The van der Waals surface area contributed by atoms with Crippen LogP contribution in [0.4, 0.5) is 52.7 Å². The van der Waals surface area contributed by atoms with Crippen LogP contribution in [-0.2, 0) is 37.2 Å². The molecule has 0 saturated carbocycles. The van der Waals surface area contributed by atoms with Gasteiger partial charge in [-0.25, -0.2) is 8.42 Å². The molecule has 0 heterocycles. The summed E-state index contributed by atoms with van der Waals surface area (Å²) in [5, 5.41) is 0. The fourth-order valence-corrected chi connectivity index (χ4v) is 14.8. The first kappa shape index (κ1) is 80.4. The summed E-state index contributed by atoms with van der Waals surface area (Å²) in [5.41, 5.74) is -8.63. The Balaban J connectivity index is 0.618. The summed E-state index contributed by atoms with van der Waals surface area (Å²) >= 11 is 0. The second-order valence-corrected chi connectivity index (χ2v) is 29.7. The van der Waals surface area contributed by atoms with Gasteiger partial charge in [0.1, 0.15) is 40.2 Å². The normalized spacial score (nSPS) is 12.4. The SMILES string of the molecule is Cc1ccc(C(=O)c2ccc(Oc3ccc(C(c4ccc(Oc5ccc(S(=O)(=O)c6ccc(CCCCOc7ccc(C(c8ccc(Oc9ccc(C(=O)c%10ccc(-c%11ccc(C)c(C(=O)c%12cccc(S(=O)(=O)O)c%12)c%11)cc%10)cc9)cc8)(C(F)(F)F)C(F)(F)F)cc7)cc6)cc5)cc4)(C(F)(F)F)C(F)(F)F)cc3)cc2)cc1. The number of carbonyl (C=O) groups is 3. The molecule has 12 rings (SSSR count). The van der Waals surface area contributed by atoms with Gasteiger partial charge in [0.15, 0.2) is 17.3 Å². The number of aryl methyl sites for hydroxylation is 3. The number of sulfone groups is 1. The molecule has 12 aromatic carbocycles. The van der Waals surface area contributed by atoms with Crippen molar-refractivity contribution in [2.45, 2.75) is 83.3 Å². The van der Waals surface area contributed by atoms with Gasteiger partial charge in [0.2, 0.25) is 20.7 Å². The summed E-state index contributed by atoms with van der Waals surface area (Å²) in [6.07, 6.45) is -22.5. The lowest BCUT2D eigenvalue weighted by Gasteiger charge is -2.38. The number of halogens is 12. The van der Waals surface area contributed by atoms with Crippen LogP contribution in [0.2, 0.25) is 0 Å². The molecule has 578 valence electrons. The van der Waals surface area contributed by atoms with Crippen molar-refractivity contribution in [2.75, 3.05) is 6.61 Å². The molecule has 0 amide bonds. The van der Waals surface area contributed by atoms with E-state index >= 15 is 52.7 Å². The van der Waals surface area contributed by atoms with E-state index in [1.54, 1.807) is 85.8 Å². The van der Waals surface area contributed by atoms with Gasteiger partial charge in [-0.2, -0.15) is 61.1 Å². The van der Waals surface area contributed by atoms with Gasteiger partial charge in [0.05, 0.1) is 21.3 Å². The third kappa shape index (κ3) is 17.0. The predicted molar refractivity (Wildman–Crippen MR) is 396 cm³/mol. The van der Waals surface area contributed by atoms with Gasteiger partial charge in [-0.3, -0.25) is 18.9 Å². The summed E-state index contributed by atoms with van der Waals surface area (Å²) in [6.45, 7) is 3.56. The van der Waals surface area contributed by atoms with Crippen LogP contribution >= 0.6 is 0 Å². The zero-order valence-electron chi connectivity index (χ0n) is 59.3. The van der Waals surface area contributed by atoms with Crippen LogP contribution in [0.25, 0.3) is 11.1 Å². The Morgan fingerprint density at radius 1 is 0.336 bits per heavy atom. The van der Waals surface area contributed by atoms with Gasteiger partial charge < -0.3 is 18.9 Å². The smallest absolute Gasteiger partial charge is 0.411 e. The van der Waals surface area contributed by atoms with Gasteiger partial charge in [-0.05, 0) is 229 Å². The molecule has 0 radical (unpaired) electrons. The van der Waals surface area contributed by atoms with E-state index in [2.05, 4.69) is 0 Å². The Morgan fingerprint density at radius 2 is 0.673 bits per heavy atom. The molecule has 1 N–H and O–H groups in total. The minimum absolute atomic E-state index is 0.00612. The lowest BCUT2D eigenvalue weighted by atomic mass is 9.73. The molecule has 113 heavy (non-hydrogen) atoms. The van der Waals surface area contributed by atoms with Crippen LogP contribution in [0.5, 0.6) is 40.2 Å². The molecular formula is C87H62F12O12S2. The van der Waals surface area contributed by atoms with E-state index in [9.17, 15) is 35.8 Å². The minimum Gasteiger partial charge on any atom is -0.494 e. The largest absolute Gasteiger partial charge is 0.494 e. The minimum atomic E-state index is -5.92. The Hall–Kier alpha value is -12.1. The lowest BCUT2D eigenvalue weighted by Crippen LogP contribution is -2.54. The van der Waals surface area contributed by atoms with Crippen molar-refractivity contribution >= 4 is 37.3 Å². The Bertz CT molecular complexity index is 5660. The second-order valence-electron chi connectivity index (χ2n) is 26.3. The third-order valence-electron chi connectivity index (χ3n) is 19.0. The molecule has 0 spiro atoms. The van der Waals surface area contributed by atoms with Crippen LogP contribution in [-0.4, -0.2) is 70.1 Å². The number of alkyl halides is 12. The number of carbonyl (C=O) groups excluding carboxylic acids is 3. The predicted octanol–water partition coefficient (Wildman–Crippen LogP) is 22.3. The summed E-state index contributed by atoms with van der Waals surface area (Å²) < 4.78 is 265. The fourth-order valence-electron chi connectivity index (χ4n) is 13.0. The first-order valence-electron chi connectivity index (χ1n) is 34.4. The highest BCUT2D eigenvalue weighted by Crippen LogP contribution is 2.58. The van der Waals surface area contributed by atoms with Gasteiger partial charge in [0.25, 0.3) is 10.1 Å². The molecule has 0 unspecified atom stereocenters. The van der Waals surface area contributed by atoms with Crippen LogP contribution in [0, 0.1) is 13.8 Å². The second kappa shape index (κ2) is 31.9.